The maximum atomic E-state index is 5.58. The molecule has 0 atom stereocenters. The molecular weight excluding hydrogens is 210 g/mol. The average molecular weight is 231 g/mol. The van der Waals surface area contributed by atoms with Crippen LogP contribution in [0.25, 0.3) is 0 Å². The van der Waals surface area contributed by atoms with Crippen LogP contribution in [0.15, 0.2) is 42.2 Å². The van der Waals surface area contributed by atoms with E-state index in [1.165, 1.54) is 24.2 Å². The van der Waals surface area contributed by atoms with Gasteiger partial charge in [0.1, 0.15) is 0 Å². The van der Waals surface area contributed by atoms with Crippen LogP contribution >= 0.6 is 0 Å². The SMILES string of the molecule is C1=C(CCCNCc2ccccc2)OCCC1. The van der Waals surface area contributed by atoms with Crippen LogP contribution in [0, 0.1) is 0 Å². The van der Waals surface area contributed by atoms with Gasteiger partial charge >= 0.3 is 0 Å². The Morgan fingerprint density at radius 2 is 2.06 bits per heavy atom. The number of rotatable bonds is 6. The van der Waals surface area contributed by atoms with E-state index in [1.807, 2.05) is 0 Å². The molecule has 0 radical (unpaired) electrons. The van der Waals surface area contributed by atoms with E-state index >= 15 is 0 Å². The van der Waals surface area contributed by atoms with E-state index in [0.29, 0.717) is 0 Å². The van der Waals surface area contributed by atoms with Crippen LogP contribution in [0.5, 0.6) is 0 Å². The van der Waals surface area contributed by atoms with Crippen LogP contribution in [0.2, 0.25) is 0 Å². The fraction of sp³-hybridized carbons (Fsp3) is 0.467. The monoisotopic (exact) mass is 231 g/mol. The lowest BCUT2D eigenvalue weighted by molar-refractivity contribution is 0.182. The highest BCUT2D eigenvalue weighted by molar-refractivity contribution is 5.14. The molecule has 92 valence electrons. The molecule has 1 aliphatic rings. The zero-order valence-electron chi connectivity index (χ0n) is 10.3. The van der Waals surface area contributed by atoms with Crippen LogP contribution in [0.1, 0.15) is 31.2 Å². The minimum atomic E-state index is 0.906. The van der Waals surface area contributed by atoms with Crippen LogP contribution < -0.4 is 5.32 Å². The molecule has 2 nitrogen and oxygen atoms in total. The van der Waals surface area contributed by atoms with Crippen molar-refractivity contribution >= 4 is 0 Å². The first-order valence-corrected chi connectivity index (χ1v) is 6.51. The van der Waals surface area contributed by atoms with E-state index in [2.05, 4.69) is 41.7 Å². The highest BCUT2D eigenvalue weighted by atomic mass is 16.5. The Balaban J connectivity index is 1.56. The Morgan fingerprint density at radius 3 is 2.82 bits per heavy atom. The highest BCUT2D eigenvalue weighted by Crippen LogP contribution is 2.14. The summed E-state index contributed by atoms with van der Waals surface area (Å²) in [6.07, 6.45) is 6.82. The second kappa shape index (κ2) is 7.13. The summed E-state index contributed by atoms with van der Waals surface area (Å²) < 4.78 is 5.58. The van der Waals surface area contributed by atoms with Crippen LogP contribution in [-0.4, -0.2) is 13.2 Å². The summed E-state index contributed by atoms with van der Waals surface area (Å²) in [6, 6.07) is 10.5. The molecule has 0 saturated heterocycles. The van der Waals surface area contributed by atoms with Gasteiger partial charge in [-0.2, -0.15) is 0 Å². The van der Waals surface area contributed by atoms with Gasteiger partial charge in [-0.3, -0.25) is 0 Å². The molecule has 0 aromatic heterocycles. The second-order valence-corrected chi connectivity index (χ2v) is 4.43. The Labute approximate surface area is 104 Å². The Morgan fingerprint density at radius 1 is 1.18 bits per heavy atom. The van der Waals surface area contributed by atoms with Gasteiger partial charge in [0.15, 0.2) is 0 Å². The molecule has 1 N–H and O–H groups in total. The molecule has 1 heterocycles. The van der Waals surface area contributed by atoms with Gasteiger partial charge in [-0.15, -0.1) is 0 Å². The van der Waals surface area contributed by atoms with Gasteiger partial charge in [0.05, 0.1) is 12.4 Å². The zero-order chi connectivity index (χ0) is 11.8. The molecule has 17 heavy (non-hydrogen) atoms. The van der Waals surface area contributed by atoms with Gasteiger partial charge in [0.2, 0.25) is 0 Å². The molecule has 0 saturated carbocycles. The van der Waals surface area contributed by atoms with Gasteiger partial charge in [-0.25, -0.2) is 0 Å². The molecule has 1 aromatic rings. The van der Waals surface area contributed by atoms with E-state index < -0.39 is 0 Å². The molecule has 0 amide bonds. The first-order chi connectivity index (χ1) is 8.45. The van der Waals surface area contributed by atoms with E-state index in [1.54, 1.807) is 0 Å². The van der Waals surface area contributed by atoms with Crippen molar-refractivity contribution in [3.8, 4) is 0 Å². The van der Waals surface area contributed by atoms with Gasteiger partial charge in [-0.05, 0) is 37.4 Å². The van der Waals surface area contributed by atoms with Crippen molar-refractivity contribution in [3.05, 3.63) is 47.7 Å². The zero-order valence-corrected chi connectivity index (χ0v) is 10.3. The first kappa shape index (κ1) is 12.2. The number of hydrogen-bond acceptors (Lipinski definition) is 2. The summed E-state index contributed by atoms with van der Waals surface area (Å²) in [5, 5.41) is 3.46. The van der Waals surface area contributed by atoms with E-state index in [-0.39, 0.29) is 0 Å². The van der Waals surface area contributed by atoms with Crippen LogP contribution in [-0.2, 0) is 11.3 Å². The standard InChI is InChI=1S/C15H21NO/c1-2-7-14(8-3-1)13-16-11-6-10-15-9-4-5-12-17-15/h1-3,7-9,16H,4-6,10-13H2. The lowest BCUT2D eigenvalue weighted by Crippen LogP contribution is -2.15. The van der Waals surface area contributed by atoms with Crippen molar-refractivity contribution in [3.63, 3.8) is 0 Å². The Hall–Kier alpha value is -1.28. The quantitative estimate of drug-likeness (QED) is 0.759. The van der Waals surface area contributed by atoms with Gasteiger partial charge < -0.3 is 10.1 Å². The fourth-order valence-electron chi connectivity index (χ4n) is 2.00. The lowest BCUT2D eigenvalue weighted by atomic mass is 10.2. The predicted octanol–water partition coefficient (Wildman–Crippen LogP) is 3.25. The molecule has 1 aliphatic heterocycles. The van der Waals surface area contributed by atoms with Crippen molar-refractivity contribution in [1.29, 1.82) is 0 Å². The minimum Gasteiger partial charge on any atom is -0.498 e. The highest BCUT2D eigenvalue weighted by Gasteiger charge is 2.03. The predicted molar refractivity (Wildman–Crippen MR) is 70.7 cm³/mol. The van der Waals surface area contributed by atoms with Crippen molar-refractivity contribution in [2.75, 3.05) is 13.2 Å². The fourth-order valence-corrected chi connectivity index (χ4v) is 2.00. The van der Waals surface area contributed by atoms with Gasteiger partial charge in [0, 0.05) is 13.0 Å². The lowest BCUT2D eigenvalue weighted by Gasteiger charge is -2.14. The van der Waals surface area contributed by atoms with Gasteiger partial charge in [-0.1, -0.05) is 30.3 Å². The summed E-state index contributed by atoms with van der Waals surface area (Å²) >= 11 is 0. The van der Waals surface area contributed by atoms with Crippen molar-refractivity contribution in [2.24, 2.45) is 0 Å². The Bertz CT molecular complexity index is 345. The van der Waals surface area contributed by atoms with E-state index in [0.717, 1.165) is 32.5 Å². The average Bonchev–Trinajstić information content (AvgIpc) is 2.41. The van der Waals surface area contributed by atoms with Crippen molar-refractivity contribution in [1.82, 2.24) is 5.32 Å². The van der Waals surface area contributed by atoms with Gasteiger partial charge in [0.25, 0.3) is 0 Å². The maximum absolute atomic E-state index is 5.58. The van der Waals surface area contributed by atoms with Crippen LogP contribution in [0.4, 0.5) is 0 Å². The molecule has 1 aromatic carbocycles. The summed E-state index contributed by atoms with van der Waals surface area (Å²) in [7, 11) is 0. The number of allylic oxidation sites excluding steroid dienone is 2. The first-order valence-electron chi connectivity index (χ1n) is 6.51. The third kappa shape index (κ3) is 4.61. The number of ether oxygens (including phenoxy) is 1. The molecule has 2 heteroatoms. The third-order valence-corrected chi connectivity index (χ3v) is 2.96. The smallest absolute Gasteiger partial charge is 0.0920 e. The van der Waals surface area contributed by atoms with E-state index in [4.69, 9.17) is 4.74 Å². The summed E-state index contributed by atoms with van der Waals surface area (Å²) in [6.45, 7) is 2.92. The molecule has 0 spiro atoms. The Kier molecular flexibility index (Phi) is 5.11. The van der Waals surface area contributed by atoms with E-state index in [9.17, 15) is 0 Å². The molecular formula is C15H21NO. The largest absolute Gasteiger partial charge is 0.498 e. The minimum absolute atomic E-state index is 0.906. The van der Waals surface area contributed by atoms with Crippen molar-refractivity contribution < 1.29 is 4.74 Å². The maximum Gasteiger partial charge on any atom is 0.0920 e. The normalized spacial score (nSPS) is 15.2. The number of nitrogens with one attached hydrogen (secondary N) is 1. The molecule has 0 unspecified atom stereocenters. The number of hydrogen-bond donors (Lipinski definition) is 1. The summed E-state index contributed by atoms with van der Waals surface area (Å²) in [5.41, 5.74) is 1.35. The molecule has 0 fully saturated rings. The third-order valence-electron chi connectivity index (χ3n) is 2.96. The summed E-state index contributed by atoms with van der Waals surface area (Å²) in [4.78, 5) is 0. The topological polar surface area (TPSA) is 21.3 Å². The van der Waals surface area contributed by atoms with Crippen LogP contribution in [0.3, 0.4) is 0 Å². The number of benzene rings is 1. The molecule has 0 bridgehead atoms. The second-order valence-electron chi connectivity index (χ2n) is 4.43. The molecule has 2 rings (SSSR count). The van der Waals surface area contributed by atoms with Crippen molar-refractivity contribution in [2.45, 2.75) is 32.2 Å². The molecule has 0 aliphatic carbocycles. The summed E-state index contributed by atoms with van der Waals surface area (Å²) in [5.74, 6) is 1.19.